The van der Waals surface area contributed by atoms with E-state index in [1.807, 2.05) is 0 Å². The van der Waals surface area contributed by atoms with Gasteiger partial charge >= 0.3 is 0 Å². The van der Waals surface area contributed by atoms with Crippen molar-refractivity contribution < 1.29 is 28.2 Å². The molecule has 1 atom stereocenters. The molecule has 1 aliphatic rings. The minimum absolute atomic E-state index is 0.0291. The second-order valence-corrected chi connectivity index (χ2v) is 7.51. The third-order valence-corrected chi connectivity index (χ3v) is 5.26. The molecule has 0 bridgehead atoms. The molecule has 2 aromatic carbocycles. The van der Waals surface area contributed by atoms with Crippen LogP contribution in [0.15, 0.2) is 42.5 Å². The second-order valence-electron chi connectivity index (χ2n) is 7.51. The summed E-state index contributed by atoms with van der Waals surface area (Å²) in [4.78, 5) is 26.3. The number of halogens is 1. The summed E-state index contributed by atoms with van der Waals surface area (Å²) in [6.07, 6.45) is 3.45. The highest BCUT2D eigenvalue weighted by atomic mass is 19.1. The van der Waals surface area contributed by atoms with Crippen molar-refractivity contribution in [2.45, 2.75) is 13.0 Å². The van der Waals surface area contributed by atoms with E-state index in [4.69, 9.17) is 14.2 Å². The predicted octanol–water partition coefficient (Wildman–Crippen LogP) is 3.03. The molecule has 2 amide bonds. The summed E-state index contributed by atoms with van der Waals surface area (Å²) in [5.41, 5.74) is 1.59. The van der Waals surface area contributed by atoms with Gasteiger partial charge in [-0.05, 0) is 41.5 Å². The van der Waals surface area contributed by atoms with Gasteiger partial charge in [0, 0.05) is 38.0 Å². The van der Waals surface area contributed by atoms with Gasteiger partial charge < -0.3 is 24.4 Å². The average molecular weight is 442 g/mol. The summed E-state index contributed by atoms with van der Waals surface area (Å²) in [6, 6.07) is 9.60. The van der Waals surface area contributed by atoms with E-state index < -0.39 is 0 Å². The Labute approximate surface area is 186 Å². The Morgan fingerprint density at radius 3 is 2.38 bits per heavy atom. The number of methoxy groups -OCH3 is 3. The lowest BCUT2D eigenvalue weighted by molar-refractivity contribution is -0.128. The largest absolute Gasteiger partial charge is 0.493 e. The Kier molecular flexibility index (Phi) is 7.70. The van der Waals surface area contributed by atoms with Crippen molar-refractivity contribution in [2.75, 3.05) is 34.4 Å². The number of carbonyl (C=O) groups is 2. The first kappa shape index (κ1) is 23.1. The summed E-state index contributed by atoms with van der Waals surface area (Å²) in [7, 11) is 4.58. The quantitative estimate of drug-likeness (QED) is 0.604. The molecule has 1 unspecified atom stereocenters. The molecule has 0 aliphatic carbocycles. The lowest BCUT2D eigenvalue weighted by Crippen LogP contribution is -2.30. The number of hydrogen-bond acceptors (Lipinski definition) is 5. The Bertz CT molecular complexity index is 965. The van der Waals surface area contributed by atoms with Gasteiger partial charge in [-0.15, -0.1) is 0 Å². The summed E-state index contributed by atoms with van der Waals surface area (Å²) >= 11 is 0. The van der Waals surface area contributed by atoms with Gasteiger partial charge in [-0.2, -0.15) is 0 Å². The number of hydrogen-bond donors (Lipinski definition) is 1. The van der Waals surface area contributed by atoms with E-state index in [1.54, 1.807) is 35.2 Å². The van der Waals surface area contributed by atoms with Gasteiger partial charge in [0.05, 0.1) is 21.3 Å². The highest BCUT2D eigenvalue weighted by Gasteiger charge is 2.29. The zero-order valence-corrected chi connectivity index (χ0v) is 18.4. The molecule has 1 N–H and O–H groups in total. The molecule has 1 heterocycles. The molecule has 1 saturated heterocycles. The van der Waals surface area contributed by atoms with E-state index in [2.05, 4.69) is 5.32 Å². The maximum absolute atomic E-state index is 13.1. The Morgan fingerprint density at radius 2 is 1.78 bits per heavy atom. The van der Waals surface area contributed by atoms with E-state index in [1.165, 1.54) is 39.5 Å². The van der Waals surface area contributed by atoms with Gasteiger partial charge in [-0.25, -0.2) is 4.39 Å². The standard InChI is InChI=1S/C24H27FN2O5/c1-30-20-10-17(11-21(31-2)24(20)32-3)6-9-22(28)26-13-18-12-23(29)27(15-18)14-16-4-7-19(25)8-5-16/h4-11,18H,12-15H2,1-3H3,(H,26,28)/b9-6-. The average Bonchev–Trinajstić information content (AvgIpc) is 3.15. The monoisotopic (exact) mass is 442 g/mol. The van der Waals surface area contributed by atoms with Crippen molar-refractivity contribution in [3.63, 3.8) is 0 Å². The van der Waals surface area contributed by atoms with Crippen LogP contribution in [-0.4, -0.2) is 51.1 Å². The van der Waals surface area contributed by atoms with Crippen LogP contribution >= 0.6 is 0 Å². The van der Waals surface area contributed by atoms with Crippen molar-refractivity contribution in [2.24, 2.45) is 5.92 Å². The number of benzene rings is 2. The topological polar surface area (TPSA) is 77.1 Å². The van der Waals surface area contributed by atoms with Gasteiger partial charge in [0.15, 0.2) is 11.5 Å². The minimum atomic E-state index is -0.304. The summed E-state index contributed by atoms with van der Waals surface area (Å²) in [6.45, 7) is 1.38. The van der Waals surface area contributed by atoms with E-state index in [9.17, 15) is 14.0 Å². The molecule has 1 aliphatic heterocycles. The number of nitrogens with one attached hydrogen (secondary N) is 1. The lowest BCUT2D eigenvalue weighted by Gasteiger charge is -2.17. The number of carbonyl (C=O) groups excluding carboxylic acids is 2. The van der Waals surface area contributed by atoms with Gasteiger partial charge in [0.2, 0.25) is 17.6 Å². The van der Waals surface area contributed by atoms with Gasteiger partial charge in [-0.1, -0.05) is 12.1 Å². The Balaban J connectivity index is 1.53. The summed E-state index contributed by atoms with van der Waals surface area (Å²) in [5.74, 6) is 0.968. The zero-order chi connectivity index (χ0) is 23.1. The van der Waals surface area contributed by atoms with Crippen LogP contribution in [0.2, 0.25) is 0 Å². The van der Waals surface area contributed by atoms with Crippen LogP contribution in [0.5, 0.6) is 17.2 Å². The van der Waals surface area contributed by atoms with Crippen molar-refractivity contribution in [3.8, 4) is 17.2 Å². The van der Waals surface area contributed by atoms with Crippen molar-refractivity contribution in [1.29, 1.82) is 0 Å². The summed E-state index contributed by atoms with van der Waals surface area (Å²) in [5, 5.41) is 2.85. The first-order valence-corrected chi connectivity index (χ1v) is 10.2. The lowest BCUT2D eigenvalue weighted by atomic mass is 10.1. The van der Waals surface area contributed by atoms with Crippen molar-refractivity contribution >= 4 is 17.9 Å². The molecule has 3 rings (SSSR count). The Morgan fingerprint density at radius 1 is 1.12 bits per heavy atom. The molecule has 0 saturated carbocycles. The molecule has 0 spiro atoms. The third-order valence-electron chi connectivity index (χ3n) is 5.26. The zero-order valence-electron chi connectivity index (χ0n) is 18.4. The molecule has 0 aromatic heterocycles. The normalized spacial score (nSPS) is 15.8. The van der Waals surface area contributed by atoms with Crippen LogP contribution in [0.4, 0.5) is 4.39 Å². The first-order chi connectivity index (χ1) is 15.4. The third kappa shape index (κ3) is 5.78. The van der Waals surface area contributed by atoms with Crippen LogP contribution in [0.1, 0.15) is 17.5 Å². The predicted molar refractivity (Wildman–Crippen MR) is 118 cm³/mol. The molecule has 2 aromatic rings. The first-order valence-electron chi connectivity index (χ1n) is 10.2. The van der Waals surface area contributed by atoms with E-state index in [0.717, 1.165) is 11.1 Å². The van der Waals surface area contributed by atoms with E-state index in [-0.39, 0.29) is 23.5 Å². The number of rotatable bonds is 9. The summed E-state index contributed by atoms with van der Waals surface area (Å²) < 4.78 is 29.0. The molecule has 8 heteroatoms. The van der Waals surface area contributed by atoms with Crippen LogP contribution in [-0.2, 0) is 16.1 Å². The molecule has 170 valence electrons. The molecule has 1 fully saturated rings. The molecule has 32 heavy (non-hydrogen) atoms. The Hall–Kier alpha value is -3.55. The van der Waals surface area contributed by atoms with Gasteiger partial charge in [0.1, 0.15) is 5.82 Å². The highest BCUT2D eigenvalue weighted by Crippen LogP contribution is 2.38. The molecular weight excluding hydrogens is 415 g/mol. The fourth-order valence-electron chi connectivity index (χ4n) is 3.63. The molecular formula is C24H27FN2O5. The number of ether oxygens (including phenoxy) is 3. The maximum atomic E-state index is 13.1. The fraction of sp³-hybridized carbons (Fsp3) is 0.333. The number of amides is 2. The van der Waals surface area contributed by atoms with Gasteiger partial charge in [-0.3, -0.25) is 9.59 Å². The highest BCUT2D eigenvalue weighted by molar-refractivity contribution is 5.92. The van der Waals surface area contributed by atoms with Gasteiger partial charge in [0.25, 0.3) is 0 Å². The number of likely N-dealkylation sites (tertiary alicyclic amines) is 1. The van der Waals surface area contributed by atoms with Crippen LogP contribution < -0.4 is 19.5 Å². The van der Waals surface area contributed by atoms with Crippen LogP contribution in [0.3, 0.4) is 0 Å². The fourth-order valence-corrected chi connectivity index (χ4v) is 3.63. The maximum Gasteiger partial charge on any atom is 0.244 e. The van der Waals surface area contributed by atoms with E-state index in [0.29, 0.717) is 43.3 Å². The number of nitrogens with zero attached hydrogens (tertiary/aromatic N) is 1. The second kappa shape index (κ2) is 10.7. The van der Waals surface area contributed by atoms with Crippen molar-refractivity contribution in [1.82, 2.24) is 10.2 Å². The SMILES string of the molecule is COc1cc(/C=C\C(=O)NCC2CC(=O)N(Cc3ccc(F)cc3)C2)cc(OC)c1OC. The van der Waals surface area contributed by atoms with E-state index >= 15 is 0 Å². The smallest absolute Gasteiger partial charge is 0.244 e. The molecule has 0 radical (unpaired) electrons. The van der Waals surface area contributed by atoms with Crippen molar-refractivity contribution in [3.05, 3.63) is 59.4 Å². The molecule has 7 nitrogen and oxygen atoms in total. The van der Waals surface area contributed by atoms with Crippen LogP contribution in [0, 0.1) is 11.7 Å². The minimum Gasteiger partial charge on any atom is -0.493 e. The van der Waals surface area contributed by atoms with Crippen LogP contribution in [0.25, 0.3) is 6.08 Å².